The number of aromatic amines is 1. The molecule has 15 heavy (non-hydrogen) atoms. The summed E-state index contributed by atoms with van der Waals surface area (Å²) in [7, 11) is 0. The Labute approximate surface area is 94.5 Å². The summed E-state index contributed by atoms with van der Waals surface area (Å²) in [5.74, 6) is 6.96. The molecule has 2 aromatic rings. The molecule has 2 rings (SSSR count). The van der Waals surface area contributed by atoms with Gasteiger partial charge in [0.1, 0.15) is 0 Å². The van der Waals surface area contributed by atoms with Gasteiger partial charge in [-0.15, -0.1) is 0 Å². The van der Waals surface area contributed by atoms with Crippen LogP contribution in [-0.2, 0) is 0 Å². The van der Waals surface area contributed by atoms with Crippen molar-refractivity contribution in [1.82, 2.24) is 10.2 Å². The molecule has 0 aliphatic carbocycles. The Hall–Kier alpha value is -1.40. The van der Waals surface area contributed by atoms with Crippen LogP contribution in [0.2, 0.25) is 0 Å². The highest BCUT2D eigenvalue weighted by Crippen LogP contribution is 2.15. The summed E-state index contributed by atoms with van der Waals surface area (Å²) in [5, 5.41) is 8.32. The quantitative estimate of drug-likeness (QED) is 0.556. The molecule has 2 nitrogen and oxygen atoms in total. The zero-order valence-corrected chi connectivity index (χ0v) is 9.44. The second-order valence-electron chi connectivity index (χ2n) is 3.36. The van der Waals surface area contributed by atoms with E-state index in [1.54, 1.807) is 0 Å². The second kappa shape index (κ2) is 4.41. The van der Waals surface area contributed by atoms with Gasteiger partial charge in [-0.3, -0.25) is 5.10 Å². The van der Waals surface area contributed by atoms with Gasteiger partial charge < -0.3 is 0 Å². The van der Waals surface area contributed by atoms with Gasteiger partial charge in [-0.25, -0.2) is 0 Å². The van der Waals surface area contributed by atoms with Crippen LogP contribution < -0.4 is 0 Å². The van der Waals surface area contributed by atoms with Crippen LogP contribution in [0.5, 0.6) is 0 Å². The molecular weight excluding hydrogens is 204 g/mol. The first-order valence-corrected chi connectivity index (χ1v) is 5.49. The molecular formula is C12H12N2S. The van der Waals surface area contributed by atoms with Crippen molar-refractivity contribution < 1.29 is 0 Å². The predicted octanol–water partition coefficient (Wildman–Crippen LogP) is 2.54. The van der Waals surface area contributed by atoms with Crippen LogP contribution in [-0.4, -0.2) is 16.0 Å². The van der Waals surface area contributed by atoms with E-state index in [-0.39, 0.29) is 0 Å². The Morgan fingerprint density at radius 1 is 1.47 bits per heavy atom. The maximum Gasteiger partial charge on any atom is 0.0936 e. The Morgan fingerprint density at radius 3 is 3.13 bits per heavy atom. The molecule has 0 atom stereocenters. The number of nitrogens with zero attached hydrogens (tertiary/aromatic N) is 1. The van der Waals surface area contributed by atoms with Crippen molar-refractivity contribution in [3.63, 3.8) is 0 Å². The second-order valence-corrected chi connectivity index (χ2v) is 3.80. The summed E-state index contributed by atoms with van der Waals surface area (Å²) < 4.78 is 0. The van der Waals surface area contributed by atoms with Crippen LogP contribution in [0.1, 0.15) is 17.7 Å². The number of nitrogens with one attached hydrogen (secondary N) is 1. The van der Waals surface area contributed by atoms with E-state index in [1.165, 1.54) is 0 Å². The van der Waals surface area contributed by atoms with Crippen LogP contribution >= 0.6 is 12.6 Å². The lowest BCUT2D eigenvalue weighted by atomic mass is 10.1. The van der Waals surface area contributed by atoms with Crippen LogP contribution in [0.25, 0.3) is 10.9 Å². The summed E-state index contributed by atoms with van der Waals surface area (Å²) in [4.78, 5) is 0. The molecule has 1 aromatic heterocycles. The summed E-state index contributed by atoms with van der Waals surface area (Å²) in [6, 6.07) is 6.08. The standard InChI is InChI=1S/C12H12N2S/c1-9-11-6-5-10(4-2-3-7-15)8-12(11)14-13-9/h5-6,8,15H,3,7H2,1H3,(H,13,14). The molecule has 0 radical (unpaired) electrons. The van der Waals surface area contributed by atoms with E-state index in [0.29, 0.717) is 0 Å². The maximum atomic E-state index is 4.20. The molecule has 0 saturated carbocycles. The lowest BCUT2D eigenvalue weighted by Crippen LogP contribution is -1.76. The molecule has 0 fully saturated rings. The van der Waals surface area contributed by atoms with Crippen LogP contribution in [0.15, 0.2) is 18.2 Å². The number of benzene rings is 1. The molecule has 0 aliphatic rings. The summed E-state index contributed by atoms with van der Waals surface area (Å²) >= 11 is 4.11. The maximum absolute atomic E-state index is 4.20. The Bertz CT molecular complexity index is 531. The van der Waals surface area contributed by atoms with Gasteiger partial charge in [0.25, 0.3) is 0 Å². The van der Waals surface area contributed by atoms with Gasteiger partial charge in [0.15, 0.2) is 0 Å². The van der Waals surface area contributed by atoms with Crippen LogP contribution in [0.4, 0.5) is 0 Å². The van der Waals surface area contributed by atoms with Gasteiger partial charge in [-0.05, 0) is 25.1 Å². The smallest absolute Gasteiger partial charge is 0.0936 e. The minimum atomic E-state index is 0.802. The number of aryl methyl sites for hydroxylation is 1. The lowest BCUT2D eigenvalue weighted by molar-refractivity contribution is 1.07. The van der Waals surface area contributed by atoms with E-state index < -0.39 is 0 Å². The third-order valence-electron chi connectivity index (χ3n) is 2.22. The van der Waals surface area contributed by atoms with Gasteiger partial charge in [0, 0.05) is 28.8 Å². The number of hydrogen-bond acceptors (Lipinski definition) is 2. The molecule has 1 N–H and O–H groups in total. The highest BCUT2D eigenvalue weighted by atomic mass is 32.1. The average Bonchev–Trinajstić information content (AvgIpc) is 2.61. The van der Waals surface area contributed by atoms with Crippen molar-refractivity contribution >= 4 is 23.5 Å². The molecule has 0 amide bonds. The van der Waals surface area contributed by atoms with Gasteiger partial charge in [0.2, 0.25) is 0 Å². The Kier molecular flexibility index (Phi) is 2.98. The third-order valence-corrected chi connectivity index (χ3v) is 2.44. The minimum absolute atomic E-state index is 0.802. The number of H-pyrrole nitrogens is 1. The van der Waals surface area contributed by atoms with Crippen molar-refractivity contribution in [3.8, 4) is 11.8 Å². The molecule has 76 valence electrons. The minimum Gasteiger partial charge on any atom is -0.282 e. The zero-order chi connectivity index (χ0) is 10.7. The van der Waals surface area contributed by atoms with Crippen molar-refractivity contribution in [2.75, 3.05) is 5.75 Å². The van der Waals surface area contributed by atoms with Crippen molar-refractivity contribution in [3.05, 3.63) is 29.5 Å². The van der Waals surface area contributed by atoms with E-state index in [1.807, 2.05) is 19.1 Å². The highest BCUT2D eigenvalue weighted by Gasteiger charge is 2.00. The molecule has 0 saturated heterocycles. The Balaban J connectivity index is 2.36. The number of thiol groups is 1. The molecule has 0 unspecified atom stereocenters. The van der Waals surface area contributed by atoms with E-state index in [2.05, 4.69) is 40.7 Å². The molecule has 1 aromatic carbocycles. The molecule has 0 bridgehead atoms. The lowest BCUT2D eigenvalue weighted by Gasteiger charge is -1.91. The third kappa shape index (κ3) is 2.16. The Morgan fingerprint density at radius 2 is 2.33 bits per heavy atom. The molecule has 1 heterocycles. The fourth-order valence-corrected chi connectivity index (χ4v) is 1.56. The van der Waals surface area contributed by atoms with E-state index >= 15 is 0 Å². The fraction of sp³-hybridized carbons (Fsp3) is 0.250. The van der Waals surface area contributed by atoms with Gasteiger partial charge in [0.05, 0.1) is 5.52 Å². The van der Waals surface area contributed by atoms with E-state index in [9.17, 15) is 0 Å². The topological polar surface area (TPSA) is 28.7 Å². The average molecular weight is 216 g/mol. The SMILES string of the molecule is Cc1[nH]nc2cc(C#CCCS)ccc12. The van der Waals surface area contributed by atoms with Crippen molar-refractivity contribution in [1.29, 1.82) is 0 Å². The predicted molar refractivity (Wildman–Crippen MR) is 66.2 cm³/mol. The van der Waals surface area contributed by atoms with E-state index in [0.717, 1.165) is 34.3 Å². The monoisotopic (exact) mass is 216 g/mol. The zero-order valence-electron chi connectivity index (χ0n) is 8.54. The summed E-state index contributed by atoms with van der Waals surface area (Å²) in [6.07, 6.45) is 0.820. The van der Waals surface area contributed by atoms with Crippen molar-refractivity contribution in [2.45, 2.75) is 13.3 Å². The van der Waals surface area contributed by atoms with Gasteiger partial charge in [-0.1, -0.05) is 11.8 Å². The molecule has 0 spiro atoms. The number of rotatable bonds is 1. The normalized spacial score (nSPS) is 10.0. The van der Waals surface area contributed by atoms with Crippen LogP contribution in [0.3, 0.4) is 0 Å². The first kappa shape index (κ1) is 10.1. The summed E-state index contributed by atoms with van der Waals surface area (Å²) in [6.45, 7) is 2.02. The number of fused-ring (bicyclic) bond motifs is 1. The first-order chi connectivity index (χ1) is 7.31. The van der Waals surface area contributed by atoms with Crippen molar-refractivity contribution in [2.24, 2.45) is 0 Å². The largest absolute Gasteiger partial charge is 0.282 e. The van der Waals surface area contributed by atoms with Gasteiger partial charge >= 0.3 is 0 Å². The molecule has 0 aliphatic heterocycles. The highest BCUT2D eigenvalue weighted by molar-refractivity contribution is 7.80. The van der Waals surface area contributed by atoms with E-state index in [4.69, 9.17) is 0 Å². The van der Waals surface area contributed by atoms with Crippen LogP contribution in [0, 0.1) is 18.8 Å². The number of aromatic nitrogens is 2. The fourth-order valence-electron chi connectivity index (χ4n) is 1.44. The number of hydrogen-bond donors (Lipinski definition) is 2. The molecule has 3 heteroatoms. The first-order valence-electron chi connectivity index (χ1n) is 4.86. The van der Waals surface area contributed by atoms with Gasteiger partial charge in [-0.2, -0.15) is 17.7 Å². The summed E-state index contributed by atoms with van der Waals surface area (Å²) in [5.41, 5.74) is 3.08.